The second kappa shape index (κ2) is 15.1. The van der Waals surface area contributed by atoms with E-state index < -0.39 is 416 Å². The Kier molecular flexibility index (Phi) is 3.44. The number of fused-ring (bicyclic) bond motifs is 21. The zero-order valence-corrected chi connectivity index (χ0v) is 36.5. The van der Waals surface area contributed by atoms with Crippen LogP contribution < -0.4 is 4.90 Å². The molecular formula is C72H45N. The molecule has 0 bridgehead atoms. The van der Waals surface area contributed by atoms with Crippen molar-refractivity contribution in [3.8, 4) is 66.8 Å². The Labute approximate surface area is 487 Å². The molecule has 73 heavy (non-hydrogen) atoms. The molecule has 4 aliphatic carbocycles. The van der Waals surface area contributed by atoms with Crippen molar-refractivity contribution < 1.29 is 60.3 Å². The van der Waals surface area contributed by atoms with E-state index in [0.29, 0.717) is 0 Å². The van der Waals surface area contributed by atoms with E-state index in [4.69, 9.17) is 13.7 Å². The average Bonchev–Trinajstić information content (AvgIpc) is 1.48. The van der Waals surface area contributed by atoms with E-state index in [-0.39, 0.29) is 4.90 Å². The summed E-state index contributed by atoms with van der Waals surface area (Å²) in [7, 11) is 0. The Bertz CT molecular complexity index is 6770. The molecule has 0 aromatic heterocycles. The third kappa shape index (κ3) is 5.25. The van der Waals surface area contributed by atoms with E-state index in [2.05, 4.69) is 0 Å². The SMILES string of the molecule is [2H]c1cc2c(c([2H])c1N(c1c([2H])c([2H])c([2H])c([2H])c1[2H])c1c([2H])c([2H])c([2H])c(-c3c([2H])c([2H])c4c([2H])c([2H])c([2H])c([2H])c4c3-c3c([2H])c([2H])c([2H])c4c3-c3c([2H])c([2H])c([2H])c([2H])c3C43c4c([2H])c([2H])c([2H])c([2H])c4-c4c([2H])c([2H])c([2H])c([2H])c43)c1[2H])C1(c3c([2H])c([2H])c([2H])c([2H])c3-2)c2c([2H])c([2H])c([2H])c([2H])c2-c2c([2H])c([2H])c([2H])c([2H])c21. The van der Waals surface area contributed by atoms with E-state index in [1.165, 1.54) is 0 Å². The molecule has 2 spiro atoms. The number of hydrogen-bond donors (Lipinski definition) is 0. The summed E-state index contributed by atoms with van der Waals surface area (Å²) in [6.07, 6.45) is 0. The van der Waals surface area contributed by atoms with Crippen molar-refractivity contribution >= 4 is 27.8 Å². The predicted octanol–water partition coefficient (Wildman–Crippen LogP) is 18.3. The summed E-state index contributed by atoms with van der Waals surface area (Å²) in [6, 6.07) is -51.6. The number of benzene rings is 12. The molecule has 0 unspecified atom stereocenters. The van der Waals surface area contributed by atoms with Gasteiger partial charge in [-0.1, -0.05) is 236 Å². The van der Waals surface area contributed by atoms with Crippen LogP contribution in [0.4, 0.5) is 17.1 Å². The summed E-state index contributed by atoms with van der Waals surface area (Å²) in [6.45, 7) is 0. The molecule has 0 atom stereocenters. The van der Waals surface area contributed by atoms with Gasteiger partial charge in [-0.3, -0.25) is 0 Å². The van der Waals surface area contributed by atoms with Crippen LogP contribution in [-0.4, -0.2) is 0 Å². The molecule has 0 N–H and O–H groups in total. The number of nitrogens with zero attached hydrogens (tertiary/aromatic N) is 1. The summed E-state index contributed by atoms with van der Waals surface area (Å²) < 4.78 is 423. The van der Waals surface area contributed by atoms with Gasteiger partial charge in [0.25, 0.3) is 0 Å². The van der Waals surface area contributed by atoms with Crippen molar-refractivity contribution in [1.29, 1.82) is 0 Å². The lowest BCUT2D eigenvalue weighted by Crippen LogP contribution is -2.26. The van der Waals surface area contributed by atoms with Crippen molar-refractivity contribution in [2.45, 2.75) is 10.8 Å². The number of hydrogen-bond acceptors (Lipinski definition) is 1. The van der Waals surface area contributed by atoms with Gasteiger partial charge >= 0.3 is 0 Å². The van der Waals surface area contributed by atoms with Gasteiger partial charge in [-0.2, -0.15) is 0 Å². The Morgan fingerprint density at radius 3 is 1.32 bits per heavy atom. The first-order valence-electron chi connectivity index (χ1n) is 44.0. The highest BCUT2D eigenvalue weighted by Gasteiger charge is 2.53. The lowest BCUT2D eigenvalue weighted by atomic mass is 9.70. The standard InChI is InChI=1S/C72H45N/c1-2-22-48(23-3-1)73(50-41-43-58-57-30-10-16-37-65(57)72(68(58)45-50)63-35-14-8-28-55(63)56-29-9-15-36-64(56)72)49-24-18-21-47(44-49)52-42-40-46-20-4-5-25-51(46)69(52)60-32-19-39-67-70(60)59-31-11-17-38-66(59)71(67)61-33-12-6-26-53(61)54-27-7-13-34-62(54)71/h1-45H/i1D,2D,3D,4D,5D,6D,7D,8D,9D,10D,11D,12D,13D,14D,15D,16D,17D,18D,19D,20D,21D,22D,23D,24D,25D,26D,27D,28D,29D,30D,31D,32D,33D,34D,35D,36D,37D,38D,39D,40D,41D,42D,44D,45D. The van der Waals surface area contributed by atoms with E-state index >= 15 is 0 Å². The van der Waals surface area contributed by atoms with Gasteiger partial charge in [0.1, 0.15) is 0 Å². The Morgan fingerprint density at radius 1 is 0.260 bits per heavy atom. The molecular weight excluding hydrogens is 879 g/mol. The first-order valence-corrected chi connectivity index (χ1v) is 22.0. The Balaban J connectivity index is 1.14. The molecule has 0 fully saturated rings. The second-order valence-corrected chi connectivity index (χ2v) is 16.8. The summed E-state index contributed by atoms with van der Waals surface area (Å²) in [5.74, 6) is 0. The zero-order valence-electron chi connectivity index (χ0n) is 80.5. The molecule has 12 aromatic carbocycles. The normalized spacial score (nSPS) is 22.4. The largest absolute Gasteiger partial charge is 0.310 e. The van der Waals surface area contributed by atoms with Gasteiger partial charge in [0, 0.05) is 17.1 Å². The predicted molar refractivity (Wildman–Crippen MR) is 302 cm³/mol. The molecule has 0 saturated heterocycles. The fourth-order valence-corrected chi connectivity index (χ4v) is 11.0. The van der Waals surface area contributed by atoms with Crippen molar-refractivity contribution in [2.75, 3.05) is 4.90 Å². The van der Waals surface area contributed by atoms with Gasteiger partial charge in [0.2, 0.25) is 0 Å². The van der Waals surface area contributed by atoms with Crippen LogP contribution in [0.1, 0.15) is 105 Å². The van der Waals surface area contributed by atoms with Crippen LogP contribution in [0.2, 0.25) is 0 Å². The Morgan fingerprint density at radius 2 is 0.699 bits per heavy atom. The molecule has 1 heteroatoms. The van der Waals surface area contributed by atoms with E-state index in [9.17, 15) is 46.6 Å². The van der Waals surface area contributed by atoms with Crippen LogP contribution >= 0.6 is 0 Å². The molecule has 1 nitrogen and oxygen atoms in total. The van der Waals surface area contributed by atoms with Crippen LogP contribution in [0.5, 0.6) is 0 Å². The third-order valence-electron chi connectivity index (χ3n) is 13.7. The van der Waals surface area contributed by atoms with Gasteiger partial charge in [-0.15, -0.1) is 0 Å². The van der Waals surface area contributed by atoms with Gasteiger partial charge in [-0.05, 0) is 158 Å². The number of anilines is 3. The van der Waals surface area contributed by atoms with Crippen LogP contribution in [0, 0.1) is 0 Å². The lowest BCUT2D eigenvalue weighted by molar-refractivity contribution is 0.793. The van der Waals surface area contributed by atoms with E-state index in [1.54, 1.807) is 0 Å². The van der Waals surface area contributed by atoms with Crippen LogP contribution in [0.15, 0.2) is 272 Å². The highest BCUT2D eigenvalue weighted by atomic mass is 15.1. The monoisotopic (exact) mass is 968 g/mol. The van der Waals surface area contributed by atoms with Crippen molar-refractivity contribution in [2.24, 2.45) is 0 Å². The summed E-state index contributed by atoms with van der Waals surface area (Å²) in [5.41, 5.74) is -28.1. The smallest absolute Gasteiger partial charge is 0.0726 e. The Hall–Kier alpha value is -9.30. The van der Waals surface area contributed by atoms with Crippen LogP contribution in [0.25, 0.3) is 77.5 Å². The van der Waals surface area contributed by atoms with Crippen LogP contribution in [0.3, 0.4) is 0 Å². The molecule has 12 aromatic rings. The minimum atomic E-state index is -3.15. The maximum absolute atomic E-state index is 10.9. The molecule has 0 aliphatic heterocycles. The first kappa shape index (κ1) is 16.6. The fraction of sp³-hybridized carbons (Fsp3) is 0.0278. The average molecular weight is 968 g/mol. The highest BCUT2D eigenvalue weighted by molar-refractivity contribution is 6.10. The zero-order chi connectivity index (χ0) is 86.1. The number of para-hydroxylation sites is 1. The molecule has 0 amide bonds. The van der Waals surface area contributed by atoms with Crippen LogP contribution in [-0.2, 0) is 10.8 Å². The van der Waals surface area contributed by atoms with E-state index in [1.807, 2.05) is 0 Å². The molecule has 0 heterocycles. The second-order valence-electron chi connectivity index (χ2n) is 16.8. The topological polar surface area (TPSA) is 3.24 Å². The summed E-state index contributed by atoms with van der Waals surface area (Å²) in [4.78, 5) is 0.261. The first-order chi connectivity index (χ1) is 54.5. The van der Waals surface area contributed by atoms with E-state index in [0.717, 1.165) is 6.07 Å². The minimum absolute atomic E-state index is 0.261. The fourth-order valence-electron chi connectivity index (χ4n) is 11.0. The van der Waals surface area contributed by atoms with Crippen molar-refractivity contribution in [1.82, 2.24) is 0 Å². The molecule has 16 rings (SSSR count). The maximum Gasteiger partial charge on any atom is 0.0726 e. The van der Waals surface area contributed by atoms with Crippen molar-refractivity contribution in [3.05, 3.63) is 316 Å². The minimum Gasteiger partial charge on any atom is -0.310 e. The lowest BCUT2D eigenvalue weighted by Gasteiger charge is -2.32. The summed E-state index contributed by atoms with van der Waals surface area (Å²) >= 11 is 0. The third-order valence-corrected chi connectivity index (χ3v) is 13.7. The molecule has 4 aliphatic rings. The molecule has 338 valence electrons. The van der Waals surface area contributed by atoms with Gasteiger partial charge in [0.15, 0.2) is 0 Å². The van der Waals surface area contributed by atoms with Gasteiger partial charge < -0.3 is 4.90 Å². The number of rotatable bonds is 5. The molecule has 0 radical (unpaired) electrons. The van der Waals surface area contributed by atoms with Gasteiger partial charge in [0.05, 0.1) is 71.1 Å². The molecule has 0 saturated carbocycles. The maximum atomic E-state index is 10.9. The van der Waals surface area contributed by atoms with Gasteiger partial charge in [-0.25, -0.2) is 0 Å². The summed E-state index contributed by atoms with van der Waals surface area (Å²) in [5, 5.41) is -2.07. The quantitative estimate of drug-likeness (QED) is 0.166. The highest BCUT2D eigenvalue weighted by Crippen LogP contribution is 2.66. The van der Waals surface area contributed by atoms with Crippen molar-refractivity contribution in [3.63, 3.8) is 0 Å².